The first-order valence-corrected chi connectivity index (χ1v) is 20.8. The van der Waals surface area contributed by atoms with Crippen molar-refractivity contribution in [3.05, 3.63) is 70.3 Å². The third-order valence-corrected chi connectivity index (χ3v) is 13.9. The first kappa shape index (κ1) is 39.1. The van der Waals surface area contributed by atoms with E-state index in [4.69, 9.17) is 25.8 Å². The minimum absolute atomic E-state index is 0.0120. The van der Waals surface area contributed by atoms with Crippen molar-refractivity contribution in [2.45, 2.75) is 70.3 Å². The van der Waals surface area contributed by atoms with E-state index in [9.17, 15) is 18.6 Å². The highest BCUT2D eigenvalue weighted by Gasteiger charge is 2.41. The summed E-state index contributed by atoms with van der Waals surface area (Å²) in [6, 6.07) is 11.2. The number of carbonyl (C=O) groups excluding carboxylic acids is 3. The van der Waals surface area contributed by atoms with Crippen molar-refractivity contribution in [2.24, 2.45) is 28.0 Å². The van der Waals surface area contributed by atoms with Gasteiger partial charge in [-0.25, -0.2) is 9.00 Å². The van der Waals surface area contributed by atoms with Crippen LogP contribution in [0.25, 0.3) is 0 Å². The van der Waals surface area contributed by atoms with Crippen LogP contribution in [0.3, 0.4) is 0 Å². The molecule has 1 spiro atoms. The topological polar surface area (TPSA) is 127 Å². The number of benzene rings is 2. The van der Waals surface area contributed by atoms with Crippen molar-refractivity contribution in [3.63, 3.8) is 0 Å². The van der Waals surface area contributed by atoms with Crippen LogP contribution in [-0.2, 0) is 36.0 Å². The Hall–Kier alpha value is -3.61. The Labute approximate surface area is 319 Å². The van der Waals surface area contributed by atoms with Crippen LogP contribution >= 0.6 is 11.6 Å². The van der Waals surface area contributed by atoms with Crippen LogP contribution in [0.2, 0.25) is 5.02 Å². The van der Waals surface area contributed by atoms with Crippen molar-refractivity contribution in [2.75, 3.05) is 58.2 Å². The summed E-state index contributed by atoms with van der Waals surface area (Å²) in [5, 5.41) is 0.724. The molecular weight excluding hydrogens is 716 g/mol. The monoisotopic (exact) mass is 768 g/mol. The molecule has 0 aromatic heterocycles. The number of allylic oxidation sites excluding steroid dienone is 1. The van der Waals surface area contributed by atoms with Gasteiger partial charge in [-0.05, 0) is 104 Å². The smallest absolute Gasteiger partial charge is 0.409 e. The quantitative estimate of drug-likeness (QED) is 0.261. The Morgan fingerprint density at radius 1 is 1.17 bits per heavy atom. The number of anilines is 1. The second-order valence-corrected chi connectivity index (χ2v) is 18.0. The first-order valence-electron chi connectivity index (χ1n) is 18.7. The van der Waals surface area contributed by atoms with Crippen molar-refractivity contribution in [3.8, 4) is 5.75 Å². The molecule has 2 aromatic rings. The van der Waals surface area contributed by atoms with Crippen molar-refractivity contribution >= 4 is 45.1 Å². The van der Waals surface area contributed by atoms with Crippen LogP contribution in [0.1, 0.15) is 73.9 Å². The normalized spacial score (nSPS) is 26.0. The SMILES string of the molecule is COC(=O)N1CC[C@@H](C(=O)NS(=O)(C[C@@H](C)C/C=C/[C@H](OC)[C@@H]2CC[C@H]2C)=NC(=O)c2ccc3c(c2)N(C)C[C@@]2(CCCc4cc(Cl)ccc42)CO3)C1. The summed E-state index contributed by atoms with van der Waals surface area (Å²) < 4.78 is 38.5. The van der Waals surface area contributed by atoms with Crippen molar-refractivity contribution in [1.82, 2.24) is 9.62 Å². The molecule has 0 bridgehead atoms. The molecule has 53 heavy (non-hydrogen) atoms. The average molecular weight is 769 g/mol. The molecular formula is C40H53ClN4O7S. The molecule has 11 nitrogen and oxygen atoms in total. The van der Waals surface area contributed by atoms with Gasteiger partial charge in [0.15, 0.2) is 0 Å². The Morgan fingerprint density at radius 3 is 2.70 bits per heavy atom. The predicted octanol–water partition coefficient (Wildman–Crippen LogP) is 6.81. The van der Waals surface area contributed by atoms with E-state index in [2.05, 4.69) is 39.1 Å². The second-order valence-electron chi connectivity index (χ2n) is 15.5. The van der Waals surface area contributed by atoms with E-state index in [0.29, 0.717) is 50.1 Å². The summed E-state index contributed by atoms with van der Waals surface area (Å²) >= 11 is 6.35. The molecule has 7 atom stereocenters. The molecule has 13 heteroatoms. The summed E-state index contributed by atoms with van der Waals surface area (Å²) in [6.45, 7) is 5.81. The molecule has 3 amide bonds. The molecule has 2 heterocycles. The van der Waals surface area contributed by atoms with E-state index in [0.717, 1.165) is 36.4 Å². The van der Waals surface area contributed by atoms with Gasteiger partial charge in [-0.1, -0.05) is 43.7 Å². The van der Waals surface area contributed by atoms with Gasteiger partial charge in [0.2, 0.25) is 5.91 Å². The van der Waals surface area contributed by atoms with Gasteiger partial charge in [-0.15, -0.1) is 4.36 Å². The second kappa shape index (κ2) is 16.4. The number of ether oxygens (including phenoxy) is 3. The molecule has 288 valence electrons. The maximum atomic E-state index is 14.6. The van der Waals surface area contributed by atoms with Crippen LogP contribution in [0.4, 0.5) is 10.5 Å². The number of hydrogen-bond acceptors (Lipinski definition) is 8. The van der Waals surface area contributed by atoms with E-state index < -0.39 is 33.7 Å². The average Bonchev–Trinajstić information content (AvgIpc) is 3.58. The fourth-order valence-corrected chi connectivity index (χ4v) is 10.7. The number of halogens is 1. The third kappa shape index (κ3) is 8.70. The van der Waals surface area contributed by atoms with Gasteiger partial charge in [-0.2, -0.15) is 0 Å². The van der Waals surface area contributed by atoms with E-state index >= 15 is 0 Å². The fraction of sp³-hybridized carbons (Fsp3) is 0.575. The molecule has 1 saturated heterocycles. The Kier molecular flexibility index (Phi) is 12.1. The number of nitrogens with one attached hydrogen (secondary N) is 1. The zero-order chi connectivity index (χ0) is 37.9. The molecule has 6 rings (SSSR count). The van der Waals surface area contributed by atoms with Crippen molar-refractivity contribution < 1.29 is 32.8 Å². The van der Waals surface area contributed by atoms with E-state index in [1.54, 1.807) is 25.3 Å². The third-order valence-electron chi connectivity index (χ3n) is 11.6. The number of fused-ring (bicyclic) bond motifs is 3. The lowest BCUT2D eigenvalue weighted by molar-refractivity contribution is -0.122. The van der Waals surface area contributed by atoms with Crippen LogP contribution in [0, 0.1) is 23.7 Å². The first-order chi connectivity index (χ1) is 25.3. The minimum atomic E-state index is -3.57. The largest absolute Gasteiger partial charge is 0.490 e. The number of likely N-dealkylation sites (N-methyl/N-ethyl adjacent to an activating group) is 1. The van der Waals surface area contributed by atoms with Gasteiger partial charge in [0.1, 0.15) is 15.7 Å². The van der Waals surface area contributed by atoms with Gasteiger partial charge in [0.25, 0.3) is 5.91 Å². The number of carbonyl (C=O) groups is 3. The van der Waals surface area contributed by atoms with Gasteiger partial charge in [-0.3, -0.25) is 14.3 Å². The number of likely N-dealkylation sites (tertiary alicyclic amines) is 1. The molecule has 1 N–H and O–H groups in total. The highest BCUT2D eigenvalue weighted by atomic mass is 35.5. The molecule has 1 unspecified atom stereocenters. The minimum Gasteiger partial charge on any atom is -0.490 e. The highest BCUT2D eigenvalue weighted by Crippen LogP contribution is 2.44. The summed E-state index contributed by atoms with van der Waals surface area (Å²) in [4.78, 5) is 43.1. The van der Waals surface area contributed by atoms with E-state index in [1.165, 1.54) is 29.6 Å². The summed E-state index contributed by atoms with van der Waals surface area (Å²) in [5.74, 6) is -0.270. The molecule has 2 fully saturated rings. The summed E-state index contributed by atoms with van der Waals surface area (Å²) in [7, 11) is 1.43. The number of methoxy groups -OCH3 is 2. The lowest BCUT2D eigenvalue weighted by Crippen LogP contribution is -2.44. The van der Waals surface area contributed by atoms with Crippen LogP contribution < -0.4 is 14.4 Å². The zero-order valence-electron chi connectivity index (χ0n) is 31.5. The maximum absolute atomic E-state index is 14.6. The highest BCUT2D eigenvalue weighted by molar-refractivity contribution is 7.92. The number of hydrogen-bond donors (Lipinski definition) is 1. The number of rotatable bonds is 10. The molecule has 2 aliphatic carbocycles. The molecule has 0 radical (unpaired) electrons. The number of nitrogens with zero attached hydrogens (tertiary/aromatic N) is 3. The van der Waals surface area contributed by atoms with Gasteiger partial charge in [0.05, 0.1) is 37.2 Å². The van der Waals surface area contributed by atoms with Crippen LogP contribution in [-0.4, -0.2) is 86.4 Å². The number of aryl methyl sites for hydroxylation is 1. The van der Waals surface area contributed by atoms with E-state index in [1.807, 2.05) is 26.1 Å². The van der Waals surface area contributed by atoms with E-state index in [-0.39, 0.29) is 35.3 Å². The fourth-order valence-electron chi connectivity index (χ4n) is 8.50. The van der Waals surface area contributed by atoms with Crippen LogP contribution in [0.5, 0.6) is 5.75 Å². The van der Waals surface area contributed by atoms with Gasteiger partial charge in [0, 0.05) is 49.8 Å². The standard InChI is InChI=1S/C40H53ClN4O7S/c1-26(8-6-10-35(50-4)32-14-11-27(32)2)23-53(49,43-38(47)30-17-19-45(22-30)39(48)51-5)42-37(46)29-12-16-36-34(21-29)44(3)24-40(25-52-36)18-7-9-28-20-31(41)13-15-33(28)40/h6,10,12-13,15-16,20-21,26-27,30,32,35H,7-9,11,14,17-19,22-25H2,1-5H3,(H,42,43,46,47,49)/b10-6+/t26-,27+,30+,32+,35-,40-,53?/m0/s1. The van der Waals surface area contributed by atoms with Crippen LogP contribution in [0.15, 0.2) is 52.9 Å². The lowest BCUT2D eigenvalue weighted by atomic mass is 9.70. The summed E-state index contributed by atoms with van der Waals surface area (Å²) in [5.41, 5.74) is 3.22. The Balaban J connectivity index is 1.23. The molecule has 1 saturated carbocycles. The maximum Gasteiger partial charge on any atom is 0.409 e. The van der Waals surface area contributed by atoms with Gasteiger partial charge >= 0.3 is 6.09 Å². The predicted molar refractivity (Wildman–Crippen MR) is 207 cm³/mol. The zero-order valence-corrected chi connectivity index (χ0v) is 33.0. The Bertz CT molecular complexity index is 1860. The number of amides is 3. The van der Waals surface area contributed by atoms with Crippen molar-refractivity contribution in [1.29, 1.82) is 0 Å². The molecule has 2 aromatic carbocycles. The van der Waals surface area contributed by atoms with Gasteiger partial charge < -0.3 is 24.0 Å². The Morgan fingerprint density at radius 2 is 1.98 bits per heavy atom. The molecule has 4 aliphatic rings. The lowest BCUT2D eigenvalue weighted by Gasteiger charge is -2.39. The summed E-state index contributed by atoms with van der Waals surface area (Å²) in [6.07, 6.45) is 9.82. The molecule has 2 aliphatic heterocycles.